The van der Waals surface area contributed by atoms with Crippen molar-refractivity contribution in [3.8, 4) is 0 Å². The summed E-state index contributed by atoms with van der Waals surface area (Å²) in [7, 11) is 0. The molecule has 2 aromatic heterocycles. The first-order valence-electron chi connectivity index (χ1n) is 9.95. The summed E-state index contributed by atoms with van der Waals surface area (Å²) < 4.78 is 45.6. The standard InChI is InChI=1S/C20H24F3N3O2/c1-12-18-15(20(21,22)23)11-16(24-19(18)28-25-12)14-6-8-26(9-7-14)17(27)10-13-4-2-3-5-13/h11,13-14H,2-10H2,1H3. The number of carbonyl (C=O) groups is 1. The summed E-state index contributed by atoms with van der Waals surface area (Å²) in [5, 5.41) is 3.58. The number of carbonyl (C=O) groups excluding carboxylic acids is 1. The normalized spacial score (nSPS) is 19.6. The van der Waals surface area contributed by atoms with Crippen molar-refractivity contribution in [2.75, 3.05) is 13.1 Å². The average molecular weight is 395 g/mol. The largest absolute Gasteiger partial charge is 0.417 e. The molecule has 1 amide bonds. The molecule has 0 aromatic carbocycles. The molecule has 28 heavy (non-hydrogen) atoms. The minimum atomic E-state index is -4.50. The van der Waals surface area contributed by atoms with Gasteiger partial charge in [0.2, 0.25) is 5.91 Å². The zero-order valence-corrected chi connectivity index (χ0v) is 15.9. The Morgan fingerprint density at radius 1 is 1.21 bits per heavy atom. The fourth-order valence-corrected chi connectivity index (χ4v) is 4.56. The van der Waals surface area contributed by atoms with E-state index in [1.54, 1.807) is 0 Å². The number of aryl methyl sites for hydroxylation is 1. The van der Waals surface area contributed by atoms with E-state index in [-0.39, 0.29) is 28.6 Å². The molecule has 0 radical (unpaired) electrons. The van der Waals surface area contributed by atoms with Gasteiger partial charge in [0, 0.05) is 31.1 Å². The van der Waals surface area contributed by atoms with Gasteiger partial charge in [0.05, 0.1) is 16.6 Å². The number of piperidine rings is 1. The molecule has 0 unspecified atom stereocenters. The maximum absolute atomic E-state index is 13.5. The van der Waals surface area contributed by atoms with Gasteiger partial charge in [-0.25, -0.2) is 4.98 Å². The van der Waals surface area contributed by atoms with Crippen LogP contribution in [0.1, 0.15) is 67.8 Å². The van der Waals surface area contributed by atoms with E-state index in [1.165, 1.54) is 19.8 Å². The van der Waals surface area contributed by atoms with Gasteiger partial charge < -0.3 is 9.42 Å². The van der Waals surface area contributed by atoms with Crippen LogP contribution in [0.4, 0.5) is 13.2 Å². The number of pyridine rings is 1. The van der Waals surface area contributed by atoms with E-state index < -0.39 is 11.7 Å². The number of likely N-dealkylation sites (tertiary alicyclic amines) is 1. The van der Waals surface area contributed by atoms with Crippen LogP contribution in [-0.4, -0.2) is 34.0 Å². The van der Waals surface area contributed by atoms with Crippen molar-refractivity contribution in [3.63, 3.8) is 0 Å². The van der Waals surface area contributed by atoms with E-state index in [0.717, 1.165) is 18.9 Å². The van der Waals surface area contributed by atoms with E-state index >= 15 is 0 Å². The van der Waals surface area contributed by atoms with Crippen LogP contribution in [0.15, 0.2) is 10.6 Å². The van der Waals surface area contributed by atoms with Crippen LogP contribution >= 0.6 is 0 Å². The third-order valence-corrected chi connectivity index (χ3v) is 6.15. The Morgan fingerprint density at radius 3 is 2.54 bits per heavy atom. The lowest BCUT2D eigenvalue weighted by molar-refractivity contribution is -0.136. The quantitative estimate of drug-likeness (QED) is 0.746. The van der Waals surface area contributed by atoms with Gasteiger partial charge in [-0.2, -0.15) is 13.2 Å². The lowest BCUT2D eigenvalue weighted by atomic mass is 9.91. The van der Waals surface area contributed by atoms with E-state index in [9.17, 15) is 18.0 Å². The second kappa shape index (κ2) is 7.37. The zero-order valence-electron chi connectivity index (χ0n) is 15.9. The Hall–Kier alpha value is -2.12. The summed E-state index contributed by atoms with van der Waals surface area (Å²) in [6.45, 7) is 2.61. The predicted molar refractivity (Wildman–Crippen MR) is 96.7 cm³/mol. The molecule has 1 saturated carbocycles. The van der Waals surface area contributed by atoms with Gasteiger partial charge in [0.1, 0.15) is 0 Å². The molecular formula is C20H24F3N3O2. The molecule has 1 aliphatic carbocycles. The van der Waals surface area contributed by atoms with Gasteiger partial charge in [-0.3, -0.25) is 4.79 Å². The van der Waals surface area contributed by atoms with Gasteiger partial charge in [-0.15, -0.1) is 0 Å². The predicted octanol–water partition coefficient (Wildman–Crippen LogP) is 4.84. The third kappa shape index (κ3) is 3.73. The van der Waals surface area contributed by atoms with E-state index in [4.69, 9.17) is 4.52 Å². The van der Waals surface area contributed by atoms with Gasteiger partial charge in [-0.1, -0.05) is 18.0 Å². The summed E-state index contributed by atoms with van der Waals surface area (Å²) in [6, 6.07) is 1.13. The molecule has 3 heterocycles. The summed E-state index contributed by atoms with van der Waals surface area (Å²) >= 11 is 0. The summed E-state index contributed by atoms with van der Waals surface area (Å²) in [4.78, 5) is 18.7. The molecule has 2 aromatic rings. The Balaban J connectivity index is 1.48. The molecule has 2 aliphatic rings. The van der Waals surface area contributed by atoms with Gasteiger partial charge >= 0.3 is 6.18 Å². The van der Waals surface area contributed by atoms with Crippen LogP contribution in [0.3, 0.4) is 0 Å². The number of hydrogen-bond donors (Lipinski definition) is 0. The van der Waals surface area contributed by atoms with Crippen LogP contribution < -0.4 is 0 Å². The molecule has 1 saturated heterocycles. The highest BCUT2D eigenvalue weighted by atomic mass is 19.4. The number of alkyl halides is 3. The number of fused-ring (bicyclic) bond motifs is 1. The number of nitrogens with zero attached hydrogens (tertiary/aromatic N) is 3. The van der Waals surface area contributed by atoms with Crippen molar-refractivity contribution < 1.29 is 22.5 Å². The number of halogens is 3. The van der Waals surface area contributed by atoms with Gasteiger partial charge in [0.25, 0.3) is 5.71 Å². The van der Waals surface area contributed by atoms with Crippen molar-refractivity contribution >= 4 is 17.0 Å². The second-order valence-corrected chi connectivity index (χ2v) is 8.05. The second-order valence-electron chi connectivity index (χ2n) is 8.05. The summed E-state index contributed by atoms with van der Waals surface area (Å²) in [5.41, 5.74) is -0.249. The summed E-state index contributed by atoms with van der Waals surface area (Å²) in [5.74, 6) is 0.556. The lowest BCUT2D eigenvalue weighted by Crippen LogP contribution is -2.38. The molecule has 0 bridgehead atoms. The number of aromatic nitrogens is 2. The van der Waals surface area contributed by atoms with Crippen molar-refractivity contribution in [1.82, 2.24) is 15.0 Å². The molecule has 2 fully saturated rings. The Bertz CT molecular complexity index is 863. The molecule has 5 nitrogen and oxygen atoms in total. The topological polar surface area (TPSA) is 59.2 Å². The number of amides is 1. The van der Waals surface area contributed by atoms with Crippen LogP contribution in [0.5, 0.6) is 0 Å². The van der Waals surface area contributed by atoms with Crippen LogP contribution in [0.25, 0.3) is 11.1 Å². The van der Waals surface area contributed by atoms with Crippen molar-refractivity contribution in [3.05, 3.63) is 23.0 Å². The number of hydrogen-bond acceptors (Lipinski definition) is 4. The van der Waals surface area contributed by atoms with Crippen LogP contribution in [-0.2, 0) is 11.0 Å². The molecule has 152 valence electrons. The molecule has 8 heteroatoms. The Kier molecular flexibility index (Phi) is 5.05. The van der Waals surface area contributed by atoms with Crippen molar-refractivity contribution in [2.24, 2.45) is 5.92 Å². The fourth-order valence-electron chi connectivity index (χ4n) is 4.56. The first-order valence-corrected chi connectivity index (χ1v) is 9.95. The summed E-state index contributed by atoms with van der Waals surface area (Å²) in [6.07, 6.45) is 1.99. The average Bonchev–Trinajstić information content (AvgIpc) is 3.30. The molecular weight excluding hydrogens is 371 g/mol. The molecule has 0 atom stereocenters. The minimum absolute atomic E-state index is 0.0675. The molecule has 1 aliphatic heterocycles. The minimum Gasteiger partial charge on any atom is -0.343 e. The third-order valence-electron chi connectivity index (χ3n) is 6.15. The Labute approximate surface area is 161 Å². The maximum Gasteiger partial charge on any atom is 0.417 e. The highest BCUT2D eigenvalue weighted by Crippen LogP contribution is 2.39. The van der Waals surface area contributed by atoms with Crippen molar-refractivity contribution in [1.29, 1.82) is 0 Å². The van der Waals surface area contributed by atoms with Crippen LogP contribution in [0.2, 0.25) is 0 Å². The Morgan fingerprint density at radius 2 is 1.89 bits per heavy atom. The van der Waals surface area contributed by atoms with E-state index in [0.29, 0.717) is 44.0 Å². The van der Waals surface area contributed by atoms with E-state index in [1.807, 2.05) is 4.90 Å². The smallest absolute Gasteiger partial charge is 0.343 e. The molecule has 4 rings (SSSR count). The van der Waals surface area contributed by atoms with Gasteiger partial charge in [-0.05, 0) is 44.6 Å². The van der Waals surface area contributed by atoms with Gasteiger partial charge in [0.15, 0.2) is 0 Å². The highest BCUT2D eigenvalue weighted by Gasteiger charge is 2.37. The molecule has 0 N–H and O–H groups in total. The van der Waals surface area contributed by atoms with Crippen molar-refractivity contribution in [2.45, 2.75) is 64.0 Å². The highest BCUT2D eigenvalue weighted by molar-refractivity contribution is 5.81. The maximum atomic E-state index is 13.5. The van der Waals surface area contributed by atoms with E-state index in [2.05, 4.69) is 10.1 Å². The first-order chi connectivity index (χ1) is 13.3. The zero-order chi connectivity index (χ0) is 19.9. The monoisotopic (exact) mass is 395 g/mol. The fraction of sp³-hybridized carbons (Fsp3) is 0.650. The molecule has 0 spiro atoms. The lowest BCUT2D eigenvalue weighted by Gasteiger charge is -2.32. The number of rotatable bonds is 3. The SMILES string of the molecule is Cc1noc2nc(C3CCN(C(=O)CC4CCCC4)CC3)cc(C(F)(F)F)c12. The first kappa shape index (κ1) is 19.2. The van der Waals surface area contributed by atoms with Crippen LogP contribution in [0, 0.1) is 12.8 Å².